The summed E-state index contributed by atoms with van der Waals surface area (Å²) >= 11 is 11.7. The Bertz CT molecular complexity index is 716. The minimum Gasteiger partial charge on any atom is -0.330 e. The molecule has 23 heavy (non-hydrogen) atoms. The third-order valence-electron chi connectivity index (χ3n) is 3.51. The SMILES string of the molecule is CC(=O)N(CC(=O)Nc1cc(Cl)cc(Cl)c1)C1CCS(=O)(=O)C1. The first-order chi connectivity index (χ1) is 10.7. The van der Waals surface area contributed by atoms with E-state index in [1.165, 1.54) is 30.0 Å². The Kier molecular flexibility index (Phi) is 5.54. The quantitative estimate of drug-likeness (QED) is 0.867. The maximum atomic E-state index is 12.1. The van der Waals surface area contributed by atoms with Gasteiger partial charge in [0, 0.05) is 28.7 Å². The van der Waals surface area contributed by atoms with Crippen molar-refractivity contribution in [2.24, 2.45) is 0 Å². The van der Waals surface area contributed by atoms with Crippen molar-refractivity contribution in [1.82, 2.24) is 4.90 Å². The molecule has 1 aliphatic heterocycles. The number of nitrogens with zero attached hydrogens (tertiary/aromatic N) is 1. The van der Waals surface area contributed by atoms with Crippen molar-refractivity contribution in [2.45, 2.75) is 19.4 Å². The number of amides is 2. The molecule has 1 aromatic rings. The molecule has 1 heterocycles. The standard InChI is InChI=1S/C14H16Cl2N2O4S/c1-9(19)18(13-2-3-23(21,22)8-13)7-14(20)17-12-5-10(15)4-11(16)6-12/h4-6,13H,2-3,7-8H2,1H3,(H,17,20). The Morgan fingerprint density at radius 1 is 1.26 bits per heavy atom. The van der Waals surface area contributed by atoms with Crippen molar-refractivity contribution in [3.05, 3.63) is 28.2 Å². The number of hydrogen-bond acceptors (Lipinski definition) is 4. The van der Waals surface area contributed by atoms with E-state index in [0.717, 1.165) is 0 Å². The molecule has 1 aromatic carbocycles. The number of anilines is 1. The van der Waals surface area contributed by atoms with Crippen molar-refractivity contribution in [3.63, 3.8) is 0 Å². The van der Waals surface area contributed by atoms with E-state index in [-0.39, 0.29) is 24.0 Å². The first kappa shape index (κ1) is 18.0. The van der Waals surface area contributed by atoms with Gasteiger partial charge in [-0.2, -0.15) is 0 Å². The second-order valence-electron chi connectivity index (χ2n) is 5.41. The summed E-state index contributed by atoms with van der Waals surface area (Å²) in [5.41, 5.74) is 0.412. The summed E-state index contributed by atoms with van der Waals surface area (Å²) in [4.78, 5) is 25.2. The van der Waals surface area contributed by atoms with Gasteiger partial charge in [-0.1, -0.05) is 23.2 Å². The summed E-state index contributed by atoms with van der Waals surface area (Å²) in [6, 6.07) is 4.13. The van der Waals surface area contributed by atoms with Gasteiger partial charge < -0.3 is 10.2 Å². The van der Waals surface area contributed by atoms with Gasteiger partial charge in [0.25, 0.3) is 0 Å². The minimum atomic E-state index is -3.14. The predicted molar refractivity (Wildman–Crippen MR) is 89.5 cm³/mol. The summed E-state index contributed by atoms with van der Waals surface area (Å²) in [5, 5.41) is 3.35. The molecule has 2 rings (SSSR count). The molecule has 0 radical (unpaired) electrons. The molecule has 6 nitrogen and oxygen atoms in total. The Morgan fingerprint density at radius 3 is 2.35 bits per heavy atom. The number of nitrogens with one attached hydrogen (secondary N) is 1. The van der Waals surface area contributed by atoms with Crippen LogP contribution in [0.2, 0.25) is 10.0 Å². The molecule has 0 aromatic heterocycles. The van der Waals surface area contributed by atoms with Crippen molar-refractivity contribution >= 4 is 50.5 Å². The largest absolute Gasteiger partial charge is 0.330 e. The molecule has 1 aliphatic rings. The van der Waals surface area contributed by atoms with E-state index in [1.54, 1.807) is 0 Å². The van der Waals surface area contributed by atoms with Gasteiger partial charge in [0.15, 0.2) is 9.84 Å². The topological polar surface area (TPSA) is 83.6 Å². The molecule has 0 spiro atoms. The molecule has 0 saturated carbocycles. The van der Waals surface area contributed by atoms with E-state index >= 15 is 0 Å². The molecule has 2 amide bonds. The number of carbonyl (C=O) groups excluding carboxylic acids is 2. The van der Waals surface area contributed by atoms with Crippen molar-refractivity contribution in [1.29, 1.82) is 0 Å². The van der Waals surface area contributed by atoms with Gasteiger partial charge in [0.05, 0.1) is 11.5 Å². The van der Waals surface area contributed by atoms with Crippen LogP contribution in [0.3, 0.4) is 0 Å². The van der Waals surface area contributed by atoms with Gasteiger partial charge in [-0.15, -0.1) is 0 Å². The molecule has 1 atom stereocenters. The average molecular weight is 379 g/mol. The van der Waals surface area contributed by atoms with E-state index < -0.39 is 21.8 Å². The molecule has 9 heteroatoms. The van der Waals surface area contributed by atoms with Gasteiger partial charge >= 0.3 is 0 Å². The smallest absolute Gasteiger partial charge is 0.244 e. The van der Waals surface area contributed by atoms with Crippen LogP contribution >= 0.6 is 23.2 Å². The number of sulfone groups is 1. The number of hydrogen-bond donors (Lipinski definition) is 1. The fourth-order valence-electron chi connectivity index (χ4n) is 2.50. The highest BCUT2D eigenvalue weighted by Crippen LogP contribution is 2.23. The van der Waals surface area contributed by atoms with Gasteiger partial charge in [-0.3, -0.25) is 9.59 Å². The predicted octanol–water partition coefficient (Wildman–Crippen LogP) is 1.97. The molecule has 1 fully saturated rings. The van der Waals surface area contributed by atoms with Crippen LogP contribution in [0.15, 0.2) is 18.2 Å². The zero-order valence-corrected chi connectivity index (χ0v) is 14.7. The van der Waals surface area contributed by atoms with E-state index in [1.807, 2.05) is 0 Å². The van der Waals surface area contributed by atoms with E-state index in [0.29, 0.717) is 22.2 Å². The van der Waals surface area contributed by atoms with E-state index in [4.69, 9.17) is 23.2 Å². The zero-order valence-electron chi connectivity index (χ0n) is 12.4. The van der Waals surface area contributed by atoms with Crippen LogP contribution in [0.4, 0.5) is 5.69 Å². The lowest BCUT2D eigenvalue weighted by atomic mass is 10.2. The first-order valence-electron chi connectivity index (χ1n) is 6.90. The van der Waals surface area contributed by atoms with Crippen LogP contribution in [-0.2, 0) is 19.4 Å². The summed E-state index contributed by atoms with van der Waals surface area (Å²) in [6.45, 7) is 1.09. The molecular weight excluding hydrogens is 363 g/mol. The average Bonchev–Trinajstić information content (AvgIpc) is 2.74. The molecule has 126 valence electrons. The monoisotopic (exact) mass is 378 g/mol. The minimum absolute atomic E-state index is 0.0347. The fraction of sp³-hybridized carbons (Fsp3) is 0.429. The first-order valence-corrected chi connectivity index (χ1v) is 9.47. The van der Waals surface area contributed by atoms with Crippen molar-refractivity contribution in [2.75, 3.05) is 23.4 Å². The summed E-state index contributed by atoms with van der Waals surface area (Å²) in [7, 11) is -3.14. The Morgan fingerprint density at radius 2 is 1.87 bits per heavy atom. The lowest BCUT2D eigenvalue weighted by Crippen LogP contribution is -2.44. The highest BCUT2D eigenvalue weighted by Gasteiger charge is 2.34. The maximum absolute atomic E-state index is 12.1. The van der Waals surface area contributed by atoms with E-state index in [9.17, 15) is 18.0 Å². The van der Waals surface area contributed by atoms with Gasteiger partial charge in [-0.05, 0) is 24.6 Å². The second kappa shape index (κ2) is 7.07. The summed E-state index contributed by atoms with van der Waals surface area (Å²) < 4.78 is 23.1. The highest BCUT2D eigenvalue weighted by atomic mass is 35.5. The van der Waals surface area contributed by atoms with Crippen LogP contribution in [0, 0.1) is 0 Å². The molecular formula is C14H16Cl2N2O4S. The molecule has 0 aliphatic carbocycles. The third-order valence-corrected chi connectivity index (χ3v) is 5.70. The van der Waals surface area contributed by atoms with Crippen LogP contribution in [0.25, 0.3) is 0 Å². The Labute approximate surface area is 144 Å². The molecule has 0 bridgehead atoms. The Hall–Kier alpha value is -1.31. The second-order valence-corrected chi connectivity index (χ2v) is 8.51. The number of carbonyl (C=O) groups is 2. The molecule has 1 saturated heterocycles. The number of rotatable bonds is 4. The van der Waals surface area contributed by atoms with Crippen LogP contribution in [0.1, 0.15) is 13.3 Å². The summed E-state index contributed by atoms with van der Waals surface area (Å²) in [6.07, 6.45) is 0.345. The van der Waals surface area contributed by atoms with Gasteiger partial charge in [0.2, 0.25) is 11.8 Å². The maximum Gasteiger partial charge on any atom is 0.244 e. The Balaban J connectivity index is 2.05. The number of halogens is 2. The fourth-order valence-corrected chi connectivity index (χ4v) is 4.76. The summed E-state index contributed by atoms with van der Waals surface area (Å²) in [5.74, 6) is -0.857. The van der Waals surface area contributed by atoms with E-state index in [2.05, 4.69) is 5.32 Å². The lowest BCUT2D eigenvalue weighted by Gasteiger charge is -2.26. The van der Waals surface area contributed by atoms with Crippen LogP contribution < -0.4 is 5.32 Å². The van der Waals surface area contributed by atoms with Crippen molar-refractivity contribution in [3.8, 4) is 0 Å². The number of benzene rings is 1. The van der Waals surface area contributed by atoms with Crippen LogP contribution in [-0.4, -0.2) is 49.2 Å². The molecule has 1 N–H and O–H groups in total. The van der Waals surface area contributed by atoms with Crippen LogP contribution in [0.5, 0.6) is 0 Å². The zero-order chi connectivity index (χ0) is 17.2. The van der Waals surface area contributed by atoms with Gasteiger partial charge in [0.1, 0.15) is 6.54 Å². The normalized spacial score (nSPS) is 19.3. The van der Waals surface area contributed by atoms with Gasteiger partial charge in [-0.25, -0.2) is 8.42 Å². The lowest BCUT2D eigenvalue weighted by molar-refractivity contribution is -0.134. The third kappa shape index (κ3) is 5.09. The molecule has 1 unspecified atom stereocenters. The van der Waals surface area contributed by atoms with Crippen molar-refractivity contribution < 1.29 is 18.0 Å². The highest BCUT2D eigenvalue weighted by molar-refractivity contribution is 7.91.